The molecule has 1 saturated carbocycles. The van der Waals surface area contributed by atoms with E-state index < -0.39 is 29.6 Å². The van der Waals surface area contributed by atoms with Crippen LogP contribution in [0.5, 0.6) is 0 Å². The van der Waals surface area contributed by atoms with Crippen LogP contribution in [-0.4, -0.2) is 41.5 Å². The number of ether oxygens (including phenoxy) is 1. The number of rotatable bonds is 6. The summed E-state index contributed by atoms with van der Waals surface area (Å²) in [6.07, 6.45) is 9.13. The van der Waals surface area contributed by atoms with E-state index in [4.69, 9.17) is 4.74 Å². The number of benzene rings is 2. The number of nitrogens with zero attached hydrogens (tertiary/aromatic N) is 1. The maximum atomic E-state index is 14.3. The summed E-state index contributed by atoms with van der Waals surface area (Å²) in [5, 5.41) is 6.21. The van der Waals surface area contributed by atoms with Crippen molar-refractivity contribution in [3.8, 4) is 0 Å². The van der Waals surface area contributed by atoms with Gasteiger partial charge in [-0.25, -0.2) is 0 Å². The Hall–Kier alpha value is -3.45. The van der Waals surface area contributed by atoms with E-state index in [1.165, 1.54) is 6.42 Å². The molecule has 3 aliphatic heterocycles. The Morgan fingerprint density at radius 3 is 2.49 bits per heavy atom. The first-order valence-corrected chi connectivity index (χ1v) is 13.5. The van der Waals surface area contributed by atoms with Crippen molar-refractivity contribution in [2.45, 2.75) is 69.2 Å². The average molecular weight is 500 g/mol. The first kappa shape index (κ1) is 23.9. The van der Waals surface area contributed by atoms with Gasteiger partial charge in [0.2, 0.25) is 17.7 Å². The van der Waals surface area contributed by atoms with Gasteiger partial charge in [0.05, 0.1) is 17.9 Å². The molecule has 2 aromatic carbocycles. The molecule has 3 heterocycles. The van der Waals surface area contributed by atoms with Gasteiger partial charge in [-0.15, -0.1) is 0 Å². The molecule has 2 N–H and O–H groups in total. The summed E-state index contributed by atoms with van der Waals surface area (Å²) in [5.74, 6) is -2.20. The van der Waals surface area contributed by atoms with Gasteiger partial charge in [-0.2, -0.15) is 0 Å². The average Bonchev–Trinajstić information content (AvgIpc) is 3.57. The lowest BCUT2D eigenvalue weighted by molar-refractivity contribution is -0.129. The van der Waals surface area contributed by atoms with E-state index in [1.54, 1.807) is 4.90 Å². The van der Waals surface area contributed by atoms with Crippen LogP contribution in [0.4, 0.5) is 11.4 Å². The summed E-state index contributed by atoms with van der Waals surface area (Å²) >= 11 is 0. The van der Waals surface area contributed by atoms with Gasteiger partial charge < -0.3 is 15.4 Å². The predicted octanol–water partition coefficient (Wildman–Crippen LogP) is 3.99. The van der Waals surface area contributed by atoms with Gasteiger partial charge in [-0.05, 0) is 43.0 Å². The Morgan fingerprint density at radius 2 is 1.73 bits per heavy atom. The zero-order valence-electron chi connectivity index (χ0n) is 21.1. The van der Waals surface area contributed by atoms with Crippen LogP contribution in [0.2, 0.25) is 0 Å². The maximum absolute atomic E-state index is 14.3. The normalized spacial score (nSPS) is 30.4. The summed E-state index contributed by atoms with van der Waals surface area (Å²) in [6.45, 7) is 2.04. The van der Waals surface area contributed by atoms with Crippen molar-refractivity contribution in [2.75, 3.05) is 10.2 Å². The van der Waals surface area contributed by atoms with Crippen LogP contribution >= 0.6 is 0 Å². The van der Waals surface area contributed by atoms with Gasteiger partial charge >= 0.3 is 0 Å². The molecule has 2 saturated heterocycles. The molecule has 5 atom stereocenters. The number of nitrogens with one attached hydrogen (secondary N) is 2. The Bertz CT molecular complexity index is 1240. The minimum absolute atomic E-state index is 0.0924. The molecule has 0 aromatic heterocycles. The number of carbonyl (C=O) groups excluding carboxylic acids is 3. The number of anilines is 2. The molecule has 37 heavy (non-hydrogen) atoms. The number of hydrogen-bond donors (Lipinski definition) is 2. The maximum Gasteiger partial charge on any atom is 0.246 e. The van der Waals surface area contributed by atoms with Crippen LogP contribution in [0.1, 0.15) is 44.6 Å². The van der Waals surface area contributed by atoms with Crippen molar-refractivity contribution in [1.82, 2.24) is 5.32 Å². The molecule has 2 bridgehead atoms. The second-order valence-corrected chi connectivity index (χ2v) is 10.6. The van der Waals surface area contributed by atoms with Gasteiger partial charge in [-0.1, -0.05) is 74.7 Å². The highest BCUT2D eigenvalue weighted by Crippen LogP contribution is 2.56. The van der Waals surface area contributed by atoms with Crippen LogP contribution in [0.3, 0.4) is 0 Å². The van der Waals surface area contributed by atoms with E-state index in [9.17, 15) is 14.4 Å². The molecule has 6 rings (SSSR count). The van der Waals surface area contributed by atoms with Gasteiger partial charge in [0.1, 0.15) is 11.6 Å². The first-order valence-electron chi connectivity index (χ1n) is 13.5. The molecule has 3 fully saturated rings. The highest BCUT2D eigenvalue weighted by Gasteiger charge is 2.73. The second-order valence-electron chi connectivity index (χ2n) is 10.6. The number of hydrogen-bond acceptors (Lipinski definition) is 4. The number of fused-ring (bicyclic) bond motifs is 1. The van der Waals surface area contributed by atoms with Gasteiger partial charge in [0.15, 0.2) is 0 Å². The summed E-state index contributed by atoms with van der Waals surface area (Å²) in [4.78, 5) is 43.5. The molecule has 1 spiro atoms. The number of amides is 3. The lowest BCUT2D eigenvalue weighted by atomic mass is 9.74. The smallest absolute Gasteiger partial charge is 0.246 e. The topological polar surface area (TPSA) is 87.7 Å². The van der Waals surface area contributed by atoms with E-state index in [2.05, 4.69) is 10.6 Å². The van der Waals surface area contributed by atoms with E-state index in [-0.39, 0.29) is 23.8 Å². The van der Waals surface area contributed by atoms with Crippen molar-refractivity contribution in [1.29, 1.82) is 0 Å². The third-order valence-corrected chi connectivity index (χ3v) is 8.45. The zero-order chi connectivity index (χ0) is 25.6. The lowest BCUT2D eigenvalue weighted by Crippen LogP contribution is -2.56. The van der Waals surface area contributed by atoms with Gasteiger partial charge in [0.25, 0.3) is 0 Å². The number of aryl methyl sites for hydroxylation is 1. The van der Waals surface area contributed by atoms with E-state index >= 15 is 0 Å². The van der Waals surface area contributed by atoms with Crippen molar-refractivity contribution >= 4 is 29.1 Å². The Kier molecular flexibility index (Phi) is 6.11. The van der Waals surface area contributed by atoms with Gasteiger partial charge in [-0.3, -0.25) is 19.3 Å². The zero-order valence-corrected chi connectivity index (χ0v) is 21.1. The van der Waals surface area contributed by atoms with E-state index in [0.29, 0.717) is 17.8 Å². The fraction of sp³-hybridized carbons (Fsp3) is 0.433. The largest absolute Gasteiger partial charge is 0.359 e. The van der Waals surface area contributed by atoms with Crippen molar-refractivity contribution in [2.24, 2.45) is 11.8 Å². The standard InChI is InChI=1S/C30H33N3O4/c1-2-19-11-9-10-16-22(19)33-26(28(35)32-21-14-7-4-8-15-21)30-18-17-23(37-30)24(25(30)29(33)36)27(34)31-20-12-5-3-6-13-20/h3,5-6,9-13,16-18,21,23-26H,2,4,7-8,14-15H2,1H3,(H,31,34)(H,32,35)/t23-,24+,25-,26-,30+/m1/s1. The molecule has 192 valence electrons. The van der Waals surface area contributed by atoms with E-state index in [0.717, 1.165) is 31.2 Å². The Balaban J connectivity index is 1.39. The van der Waals surface area contributed by atoms with Crippen LogP contribution in [0, 0.1) is 11.8 Å². The third-order valence-electron chi connectivity index (χ3n) is 8.45. The SMILES string of the molecule is CCc1ccccc1N1C(=O)[C@H]2[C@@H](C(=O)Nc3ccccc3)[C@H]3C=C[C@@]2(O3)[C@H]1C(=O)NC1CCCCC1. The van der Waals surface area contributed by atoms with Crippen molar-refractivity contribution < 1.29 is 19.1 Å². The predicted molar refractivity (Wildman–Crippen MR) is 141 cm³/mol. The fourth-order valence-corrected chi connectivity index (χ4v) is 6.75. The monoisotopic (exact) mass is 499 g/mol. The molecule has 4 aliphatic rings. The number of carbonyl (C=O) groups is 3. The molecule has 0 radical (unpaired) electrons. The van der Waals surface area contributed by atoms with Crippen LogP contribution in [-0.2, 0) is 25.5 Å². The number of para-hydroxylation sites is 2. The summed E-state index contributed by atoms with van der Waals surface area (Å²) < 4.78 is 6.48. The Labute approximate surface area is 217 Å². The molecule has 7 nitrogen and oxygen atoms in total. The highest BCUT2D eigenvalue weighted by atomic mass is 16.5. The quantitative estimate of drug-likeness (QED) is 0.589. The minimum Gasteiger partial charge on any atom is -0.359 e. The molecular weight excluding hydrogens is 466 g/mol. The molecule has 2 aromatic rings. The fourth-order valence-electron chi connectivity index (χ4n) is 6.75. The lowest BCUT2D eigenvalue weighted by Gasteiger charge is -2.34. The molecule has 0 unspecified atom stereocenters. The highest BCUT2D eigenvalue weighted by molar-refractivity contribution is 6.11. The minimum atomic E-state index is -1.18. The summed E-state index contributed by atoms with van der Waals surface area (Å²) in [5.41, 5.74) is 1.18. The van der Waals surface area contributed by atoms with Crippen molar-refractivity contribution in [3.63, 3.8) is 0 Å². The van der Waals surface area contributed by atoms with Crippen molar-refractivity contribution in [3.05, 3.63) is 72.3 Å². The second kappa shape index (κ2) is 9.45. The summed E-state index contributed by atoms with van der Waals surface area (Å²) in [7, 11) is 0. The molecular formula is C30H33N3O4. The van der Waals surface area contributed by atoms with Crippen LogP contribution in [0.15, 0.2) is 66.7 Å². The van der Waals surface area contributed by atoms with Crippen LogP contribution < -0.4 is 15.5 Å². The molecule has 7 heteroatoms. The Morgan fingerprint density at radius 1 is 1.00 bits per heavy atom. The molecule has 3 amide bonds. The van der Waals surface area contributed by atoms with Crippen LogP contribution in [0.25, 0.3) is 0 Å². The summed E-state index contributed by atoms with van der Waals surface area (Å²) in [6, 6.07) is 16.1. The van der Waals surface area contributed by atoms with E-state index in [1.807, 2.05) is 73.7 Å². The third kappa shape index (κ3) is 3.87. The molecule has 1 aliphatic carbocycles. The van der Waals surface area contributed by atoms with Gasteiger partial charge in [0, 0.05) is 17.4 Å². The first-order chi connectivity index (χ1) is 18.0.